The molecule has 2 amide bonds. The predicted octanol–water partition coefficient (Wildman–Crippen LogP) is 2.38. The average Bonchev–Trinajstić information content (AvgIpc) is 3.53. The van der Waals surface area contributed by atoms with Crippen molar-refractivity contribution in [2.24, 2.45) is 0 Å². The number of carbonyl (C=O) groups excluding carboxylic acids is 3. The van der Waals surface area contributed by atoms with Crippen LogP contribution >= 0.6 is 11.6 Å². The zero-order valence-electron chi connectivity index (χ0n) is 15.2. The lowest BCUT2D eigenvalue weighted by Crippen LogP contribution is -2.44. The fourth-order valence-corrected chi connectivity index (χ4v) is 3.02. The number of nitrogens with one attached hydrogen (secondary N) is 2. The third kappa shape index (κ3) is 4.26. The van der Waals surface area contributed by atoms with Gasteiger partial charge in [-0.1, -0.05) is 41.9 Å². The molecule has 7 nitrogen and oxygen atoms in total. The first-order valence-corrected chi connectivity index (χ1v) is 8.99. The van der Waals surface area contributed by atoms with Crippen molar-refractivity contribution in [2.75, 3.05) is 13.7 Å². The van der Waals surface area contributed by atoms with Crippen molar-refractivity contribution in [3.05, 3.63) is 64.7 Å². The predicted molar refractivity (Wildman–Crippen MR) is 102 cm³/mol. The van der Waals surface area contributed by atoms with Crippen LogP contribution in [0, 0.1) is 0 Å². The highest BCUT2D eigenvalue weighted by Gasteiger charge is 2.52. The second-order valence-electron chi connectivity index (χ2n) is 6.37. The van der Waals surface area contributed by atoms with Gasteiger partial charge in [0.2, 0.25) is 0 Å². The average molecular weight is 403 g/mol. The minimum absolute atomic E-state index is 0.160. The molecule has 0 atom stereocenters. The first kappa shape index (κ1) is 19.7. The standard InChI is InChI=1S/C20H19ClN2O5/c1-27-16-8-7-14(21)11-15(16)18(25)23-22-17(24)12-28-19(26)20(9-10-20)13-5-3-2-4-6-13/h2-8,11H,9-10,12H2,1H3,(H,22,24)(H,23,25). The van der Waals surface area contributed by atoms with Gasteiger partial charge in [-0.05, 0) is 36.6 Å². The topological polar surface area (TPSA) is 93.7 Å². The summed E-state index contributed by atoms with van der Waals surface area (Å²) in [5, 5.41) is 0.349. The number of carbonyl (C=O) groups is 3. The Morgan fingerprint density at radius 3 is 2.43 bits per heavy atom. The van der Waals surface area contributed by atoms with Crippen LogP contribution in [-0.2, 0) is 19.7 Å². The molecule has 1 aliphatic rings. The molecule has 8 heteroatoms. The van der Waals surface area contributed by atoms with E-state index in [1.165, 1.54) is 13.2 Å². The Kier molecular flexibility index (Phi) is 5.84. The second-order valence-corrected chi connectivity index (χ2v) is 6.81. The molecule has 2 aromatic carbocycles. The number of methoxy groups -OCH3 is 1. The lowest BCUT2D eigenvalue weighted by Gasteiger charge is -2.15. The molecule has 146 valence electrons. The molecular formula is C20H19ClN2O5. The molecule has 0 saturated heterocycles. The molecule has 2 aromatic rings. The van der Waals surface area contributed by atoms with Gasteiger partial charge in [0.1, 0.15) is 5.75 Å². The number of ether oxygens (including phenoxy) is 2. The van der Waals surface area contributed by atoms with Crippen LogP contribution < -0.4 is 15.6 Å². The largest absolute Gasteiger partial charge is 0.496 e. The number of rotatable bonds is 6. The zero-order valence-corrected chi connectivity index (χ0v) is 15.9. The molecule has 1 saturated carbocycles. The highest BCUT2D eigenvalue weighted by molar-refractivity contribution is 6.31. The van der Waals surface area contributed by atoms with Gasteiger partial charge in [0.05, 0.1) is 18.1 Å². The van der Waals surface area contributed by atoms with Crippen molar-refractivity contribution >= 4 is 29.4 Å². The number of benzene rings is 2. The van der Waals surface area contributed by atoms with Crippen LogP contribution in [-0.4, -0.2) is 31.5 Å². The van der Waals surface area contributed by atoms with Crippen LogP contribution in [0.15, 0.2) is 48.5 Å². The van der Waals surface area contributed by atoms with E-state index in [4.69, 9.17) is 21.1 Å². The Balaban J connectivity index is 1.51. The van der Waals surface area contributed by atoms with E-state index in [-0.39, 0.29) is 5.56 Å². The zero-order chi connectivity index (χ0) is 20.1. The fourth-order valence-electron chi connectivity index (χ4n) is 2.85. The van der Waals surface area contributed by atoms with Crippen molar-refractivity contribution in [2.45, 2.75) is 18.3 Å². The van der Waals surface area contributed by atoms with E-state index in [9.17, 15) is 14.4 Å². The summed E-state index contributed by atoms with van der Waals surface area (Å²) in [5.41, 5.74) is 4.82. The van der Waals surface area contributed by atoms with Crippen LogP contribution in [0.1, 0.15) is 28.8 Å². The van der Waals surface area contributed by atoms with Crippen LogP contribution in [0.2, 0.25) is 5.02 Å². The summed E-state index contributed by atoms with van der Waals surface area (Å²) >= 11 is 5.88. The van der Waals surface area contributed by atoms with E-state index < -0.39 is 29.8 Å². The van der Waals surface area contributed by atoms with Crippen molar-refractivity contribution in [1.82, 2.24) is 10.9 Å². The molecule has 1 aliphatic carbocycles. The van der Waals surface area contributed by atoms with Gasteiger partial charge in [-0.2, -0.15) is 0 Å². The van der Waals surface area contributed by atoms with E-state index in [2.05, 4.69) is 10.9 Å². The van der Waals surface area contributed by atoms with Crippen LogP contribution in [0.25, 0.3) is 0 Å². The molecule has 0 aromatic heterocycles. The number of hydrogen-bond acceptors (Lipinski definition) is 5. The summed E-state index contributed by atoms with van der Waals surface area (Å²) in [6.07, 6.45) is 1.37. The first-order valence-electron chi connectivity index (χ1n) is 8.62. The highest BCUT2D eigenvalue weighted by atomic mass is 35.5. The lowest BCUT2D eigenvalue weighted by molar-refractivity contribution is -0.151. The van der Waals surface area contributed by atoms with E-state index in [1.807, 2.05) is 30.3 Å². The van der Waals surface area contributed by atoms with Gasteiger partial charge in [-0.3, -0.25) is 25.2 Å². The Morgan fingerprint density at radius 1 is 1.07 bits per heavy atom. The van der Waals surface area contributed by atoms with Crippen molar-refractivity contribution in [3.8, 4) is 5.75 Å². The summed E-state index contributed by atoms with van der Waals surface area (Å²) in [7, 11) is 1.42. The molecule has 0 aliphatic heterocycles. The second kappa shape index (κ2) is 8.31. The van der Waals surface area contributed by atoms with Gasteiger partial charge >= 0.3 is 5.97 Å². The molecule has 28 heavy (non-hydrogen) atoms. The Morgan fingerprint density at radius 2 is 1.79 bits per heavy atom. The minimum Gasteiger partial charge on any atom is -0.496 e. The summed E-state index contributed by atoms with van der Waals surface area (Å²) in [4.78, 5) is 36.5. The lowest BCUT2D eigenvalue weighted by atomic mass is 9.96. The summed E-state index contributed by atoms with van der Waals surface area (Å²) < 4.78 is 10.2. The molecule has 2 N–H and O–H groups in total. The third-order valence-corrected chi connectivity index (χ3v) is 4.76. The van der Waals surface area contributed by atoms with Crippen molar-refractivity contribution in [3.63, 3.8) is 0 Å². The Bertz CT molecular complexity index is 897. The molecule has 0 radical (unpaired) electrons. The summed E-state index contributed by atoms with van der Waals surface area (Å²) in [5.74, 6) is -1.41. The van der Waals surface area contributed by atoms with Crippen LogP contribution in [0.5, 0.6) is 5.75 Å². The van der Waals surface area contributed by atoms with Gasteiger partial charge < -0.3 is 9.47 Å². The number of hydrogen-bond donors (Lipinski definition) is 2. The summed E-state index contributed by atoms with van der Waals surface area (Å²) in [6, 6.07) is 13.9. The molecule has 3 rings (SSSR count). The first-order chi connectivity index (χ1) is 13.5. The van der Waals surface area contributed by atoms with E-state index >= 15 is 0 Å². The summed E-state index contributed by atoms with van der Waals surface area (Å²) in [6.45, 7) is -0.500. The van der Waals surface area contributed by atoms with Gasteiger partial charge in [0, 0.05) is 5.02 Å². The maximum Gasteiger partial charge on any atom is 0.317 e. The Labute approximate surface area is 166 Å². The smallest absolute Gasteiger partial charge is 0.317 e. The van der Waals surface area contributed by atoms with E-state index in [0.29, 0.717) is 23.6 Å². The SMILES string of the molecule is COc1ccc(Cl)cc1C(=O)NNC(=O)COC(=O)C1(c2ccccc2)CC1. The van der Waals surface area contributed by atoms with Gasteiger partial charge in [0.15, 0.2) is 6.61 Å². The van der Waals surface area contributed by atoms with Crippen molar-refractivity contribution < 1.29 is 23.9 Å². The van der Waals surface area contributed by atoms with Gasteiger partial charge in [-0.15, -0.1) is 0 Å². The minimum atomic E-state index is -0.668. The molecule has 0 unspecified atom stereocenters. The van der Waals surface area contributed by atoms with E-state index in [1.54, 1.807) is 12.1 Å². The normalized spacial score (nSPS) is 13.9. The highest BCUT2D eigenvalue weighted by Crippen LogP contribution is 2.49. The Hall–Kier alpha value is -3.06. The maximum absolute atomic E-state index is 12.4. The van der Waals surface area contributed by atoms with E-state index in [0.717, 1.165) is 5.56 Å². The number of esters is 1. The molecule has 0 bridgehead atoms. The molecule has 0 spiro atoms. The monoisotopic (exact) mass is 402 g/mol. The quantitative estimate of drug-likeness (QED) is 0.571. The third-order valence-electron chi connectivity index (χ3n) is 4.52. The fraction of sp³-hybridized carbons (Fsp3) is 0.250. The molecule has 0 heterocycles. The van der Waals surface area contributed by atoms with Gasteiger partial charge in [0.25, 0.3) is 11.8 Å². The van der Waals surface area contributed by atoms with Gasteiger partial charge in [-0.25, -0.2) is 0 Å². The van der Waals surface area contributed by atoms with Crippen LogP contribution in [0.3, 0.4) is 0 Å². The number of hydrazine groups is 1. The van der Waals surface area contributed by atoms with Crippen LogP contribution in [0.4, 0.5) is 0 Å². The number of halogens is 1. The van der Waals surface area contributed by atoms with Crippen molar-refractivity contribution in [1.29, 1.82) is 0 Å². The number of amides is 2. The molecule has 1 fully saturated rings. The molecular weight excluding hydrogens is 384 g/mol. The maximum atomic E-state index is 12.4.